The zero-order chi connectivity index (χ0) is 14.1. The van der Waals surface area contributed by atoms with E-state index in [0.29, 0.717) is 6.42 Å². The fourth-order valence-electron chi connectivity index (χ4n) is 3.43. The summed E-state index contributed by atoms with van der Waals surface area (Å²) in [6.07, 6.45) is 3.99. The van der Waals surface area contributed by atoms with E-state index < -0.39 is 6.10 Å². The lowest BCUT2D eigenvalue weighted by Gasteiger charge is -2.17. The average molecular weight is 266 g/mol. The number of aliphatic hydroxyl groups is 1. The van der Waals surface area contributed by atoms with Crippen molar-refractivity contribution in [3.63, 3.8) is 0 Å². The maximum atomic E-state index is 10.6. The number of aryl methyl sites for hydroxylation is 4. The van der Waals surface area contributed by atoms with Crippen molar-refractivity contribution < 1.29 is 5.11 Å². The fourth-order valence-corrected chi connectivity index (χ4v) is 3.43. The van der Waals surface area contributed by atoms with Crippen LogP contribution in [0.5, 0.6) is 0 Å². The van der Waals surface area contributed by atoms with E-state index in [4.69, 9.17) is 0 Å². The Morgan fingerprint density at radius 1 is 1.00 bits per heavy atom. The highest BCUT2D eigenvalue weighted by molar-refractivity contribution is 5.39. The molecular formula is C19H22O. The van der Waals surface area contributed by atoms with Crippen molar-refractivity contribution in [1.29, 1.82) is 0 Å². The molecule has 20 heavy (non-hydrogen) atoms. The van der Waals surface area contributed by atoms with Gasteiger partial charge in [0, 0.05) is 6.42 Å². The van der Waals surface area contributed by atoms with Crippen LogP contribution in [0.25, 0.3) is 0 Å². The van der Waals surface area contributed by atoms with E-state index in [-0.39, 0.29) is 0 Å². The normalized spacial score (nSPS) is 15.2. The number of aliphatic hydroxyl groups excluding tert-OH is 1. The van der Waals surface area contributed by atoms with Crippen LogP contribution in [0, 0.1) is 13.8 Å². The summed E-state index contributed by atoms with van der Waals surface area (Å²) in [7, 11) is 0. The Kier molecular flexibility index (Phi) is 3.62. The molecule has 0 fully saturated rings. The third-order valence-corrected chi connectivity index (χ3v) is 4.47. The third-order valence-electron chi connectivity index (χ3n) is 4.47. The Morgan fingerprint density at radius 2 is 1.70 bits per heavy atom. The molecule has 0 bridgehead atoms. The smallest absolute Gasteiger partial charge is 0.0835 e. The molecule has 0 heterocycles. The molecule has 1 aliphatic rings. The van der Waals surface area contributed by atoms with Gasteiger partial charge >= 0.3 is 0 Å². The molecule has 0 amide bonds. The van der Waals surface area contributed by atoms with Gasteiger partial charge in [0.1, 0.15) is 0 Å². The number of fused-ring (bicyclic) bond motifs is 1. The number of hydrogen-bond acceptors (Lipinski definition) is 1. The molecule has 3 rings (SSSR count). The zero-order valence-corrected chi connectivity index (χ0v) is 12.3. The van der Waals surface area contributed by atoms with Crippen LogP contribution in [0.3, 0.4) is 0 Å². The van der Waals surface area contributed by atoms with Crippen molar-refractivity contribution in [2.45, 2.75) is 45.6 Å². The minimum atomic E-state index is -0.407. The standard InChI is InChI=1S/C19H22O/c1-13-5-3-6-14(2)19(13)18(20)12-15-9-10-16-7-4-8-17(16)11-15/h3,5-6,9-11,18,20H,4,7-8,12H2,1-2H3. The number of rotatable bonds is 3. The molecule has 1 N–H and O–H groups in total. The van der Waals surface area contributed by atoms with Gasteiger partial charge in [-0.2, -0.15) is 0 Å². The van der Waals surface area contributed by atoms with Crippen LogP contribution in [-0.4, -0.2) is 5.11 Å². The Labute approximate surface area is 121 Å². The van der Waals surface area contributed by atoms with Crippen LogP contribution < -0.4 is 0 Å². The molecule has 0 aromatic heterocycles. The van der Waals surface area contributed by atoms with Gasteiger partial charge in [-0.15, -0.1) is 0 Å². The maximum Gasteiger partial charge on any atom is 0.0835 e. The van der Waals surface area contributed by atoms with E-state index in [2.05, 4.69) is 50.2 Å². The highest BCUT2D eigenvalue weighted by Crippen LogP contribution is 2.28. The van der Waals surface area contributed by atoms with E-state index in [1.54, 1.807) is 0 Å². The Morgan fingerprint density at radius 3 is 2.45 bits per heavy atom. The zero-order valence-electron chi connectivity index (χ0n) is 12.3. The van der Waals surface area contributed by atoms with Crippen LogP contribution >= 0.6 is 0 Å². The van der Waals surface area contributed by atoms with Gasteiger partial charge in [-0.05, 0) is 66.5 Å². The Balaban J connectivity index is 1.84. The molecule has 0 saturated heterocycles. The highest BCUT2D eigenvalue weighted by atomic mass is 16.3. The van der Waals surface area contributed by atoms with E-state index in [1.165, 1.54) is 47.1 Å². The molecule has 0 radical (unpaired) electrons. The number of hydrogen-bond donors (Lipinski definition) is 1. The molecule has 1 heteroatoms. The molecule has 2 aromatic rings. The van der Waals surface area contributed by atoms with Gasteiger partial charge in [0.25, 0.3) is 0 Å². The summed E-state index contributed by atoms with van der Waals surface area (Å²) in [6.45, 7) is 4.16. The van der Waals surface area contributed by atoms with Gasteiger partial charge < -0.3 is 5.11 Å². The molecule has 1 unspecified atom stereocenters. The quantitative estimate of drug-likeness (QED) is 0.888. The highest BCUT2D eigenvalue weighted by Gasteiger charge is 2.16. The predicted octanol–water partition coefficient (Wildman–Crippen LogP) is 4.07. The van der Waals surface area contributed by atoms with Gasteiger partial charge in [0.05, 0.1) is 6.10 Å². The van der Waals surface area contributed by atoms with Crippen molar-refractivity contribution >= 4 is 0 Å². The molecular weight excluding hydrogens is 244 g/mol. The third kappa shape index (κ3) is 2.51. The molecule has 0 spiro atoms. The first-order chi connectivity index (χ1) is 9.65. The second-order valence-corrected chi connectivity index (χ2v) is 5.98. The summed E-state index contributed by atoms with van der Waals surface area (Å²) in [6, 6.07) is 12.9. The molecule has 2 aromatic carbocycles. The van der Waals surface area contributed by atoms with Gasteiger partial charge in [-0.3, -0.25) is 0 Å². The van der Waals surface area contributed by atoms with Crippen LogP contribution in [0.4, 0.5) is 0 Å². The van der Waals surface area contributed by atoms with Crippen LogP contribution in [0.15, 0.2) is 36.4 Å². The second-order valence-electron chi connectivity index (χ2n) is 5.98. The maximum absolute atomic E-state index is 10.6. The fraction of sp³-hybridized carbons (Fsp3) is 0.368. The van der Waals surface area contributed by atoms with Crippen LogP contribution in [-0.2, 0) is 19.3 Å². The van der Waals surface area contributed by atoms with Gasteiger partial charge in [0.2, 0.25) is 0 Å². The number of benzene rings is 2. The van der Waals surface area contributed by atoms with E-state index in [9.17, 15) is 5.11 Å². The van der Waals surface area contributed by atoms with E-state index in [0.717, 1.165) is 5.56 Å². The second kappa shape index (κ2) is 5.41. The van der Waals surface area contributed by atoms with Crippen molar-refractivity contribution in [3.05, 3.63) is 69.8 Å². The summed E-state index contributed by atoms with van der Waals surface area (Å²) >= 11 is 0. The molecule has 0 saturated carbocycles. The van der Waals surface area contributed by atoms with Crippen LogP contribution in [0.2, 0.25) is 0 Å². The lowest BCUT2D eigenvalue weighted by Crippen LogP contribution is -2.06. The van der Waals surface area contributed by atoms with Crippen molar-refractivity contribution in [3.8, 4) is 0 Å². The first-order valence-electron chi connectivity index (χ1n) is 7.50. The van der Waals surface area contributed by atoms with E-state index >= 15 is 0 Å². The average Bonchev–Trinajstić information content (AvgIpc) is 2.85. The molecule has 1 atom stereocenters. The SMILES string of the molecule is Cc1cccc(C)c1C(O)Cc1ccc2c(c1)CCC2. The van der Waals surface area contributed by atoms with Crippen LogP contribution in [0.1, 0.15) is 45.9 Å². The molecule has 0 aliphatic heterocycles. The Bertz CT molecular complexity index is 607. The van der Waals surface area contributed by atoms with Crippen molar-refractivity contribution in [2.75, 3.05) is 0 Å². The molecule has 1 nitrogen and oxygen atoms in total. The minimum Gasteiger partial charge on any atom is -0.388 e. The summed E-state index contributed by atoms with van der Waals surface area (Å²) in [5.74, 6) is 0. The summed E-state index contributed by atoms with van der Waals surface area (Å²) < 4.78 is 0. The lowest BCUT2D eigenvalue weighted by molar-refractivity contribution is 0.177. The minimum absolute atomic E-state index is 0.407. The lowest BCUT2D eigenvalue weighted by atomic mass is 9.93. The summed E-state index contributed by atoms with van der Waals surface area (Å²) in [4.78, 5) is 0. The van der Waals surface area contributed by atoms with Crippen molar-refractivity contribution in [1.82, 2.24) is 0 Å². The van der Waals surface area contributed by atoms with Gasteiger partial charge in [-0.25, -0.2) is 0 Å². The first kappa shape index (κ1) is 13.4. The molecule has 104 valence electrons. The predicted molar refractivity (Wildman–Crippen MR) is 83.0 cm³/mol. The topological polar surface area (TPSA) is 20.2 Å². The largest absolute Gasteiger partial charge is 0.388 e. The van der Waals surface area contributed by atoms with E-state index in [1.807, 2.05) is 0 Å². The summed E-state index contributed by atoms with van der Waals surface area (Å²) in [5.41, 5.74) is 7.68. The summed E-state index contributed by atoms with van der Waals surface area (Å²) in [5, 5.41) is 10.6. The van der Waals surface area contributed by atoms with Gasteiger partial charge in [-0.1, -0.05) is 36.4 Å². The van der Waals surface area contributed by atoms with Gasteiger partial charge in [0.15, 0.2) is 0 Å². The van der Waals surface area contributed by atoms with Crippen molar-refractivity contribution in [2.24, 2.45) is 0 Å². The first-order valence-corrected chi connectivity index (χ1v) is 7.50. The monoisotopic (exact) mass is 266 g/mol. The Hall–Kier alpha value is -1.60. The molecule has 1 aliphatic carbocycles.